The quantitative estimate of drug-likeness (QED) is 0.0364. The van der Waals surface area contributed by atoms with Crippen LogP contribution in [-0.4, -0.2) is 46.1 Å². The second-order valence-corrected chi connectivity index (χ2v) is 18.4. The van der Waals surface area contributed by atoms with Crippen molar-refractivity contribution in [1.29, 1.82) is 0 Å². The molecule has 5 heteroatoms. The van der Waals surface area contributed by atoms with Gasteiger partial charge in [-0.05, 0) is 38.5 Å². The van der Waals surface area contributed by atoms with Crippen LogP contribution in [0.1, 0.15) is 296 Å². The lowest BCUT2D eigenvalue weighted by Crippen LogP contribution is -2.50. The number of rotatable bonds is 49. The van der Waals surface area contributed by atoms with E-state index in [1.54, 1.807) is 0 Å². The highest BCUT2D eigenvalue weighted by Crippen LogP contribution is 2.18. The molecule has 0 aromatic heterocycles. The number of nitrogens with one attached hydrogen (secondary N) is 1. The number of unbranched alkanes of at least 4 members (excludes halogenated alkanes) is 39. The number of carbonyl (C=O) groups is 1. The van der Waals surface area contributed by atoms with Gasteiger partial charge in [-0.25, -0.2) is 0 Å². The van der Waals surface area contributed by atoms with Gasteiger partial charge in [0.05, 0.1) is 18.8 Å². The van der Waals surface area contributed by atoms with Crippen LogP contribution in [0.5, 0.6) is 0 Å². The predicted octanol–water partition coefficient (Wildman–Crippen LogP) is 15.9. The summed E-state index contributed by atoms with van der Waals surface area (Å²) >= 11 is 0. The molecule has 0 aliphatic carbocycles. The molecule has 0 saturated heterocycles. The largest absolute Gasteiger partial charge is 0.394 e. The van der Waals surface area contributed by atoms with Crippen molar-refractivity contribution in [3.63, 3.8) is 0 Å². The third kappa shape index (κ3) is 43.2. The van der Waals surface area contributed by atoms with Crippen molar-refractivity contribution in [3.05, 3.63) is 12.2 Å². The van der Waals surface area contributed by atoms with Gasteiger partial charge in [-0.2, -0.15) is 0 Å². The van der Waals surface area contributed by atoms with E-state index in [0.717, 1.165) is 32.1 Å². The fourth-order valence-corrected chi connectivity index (χ4v) is 8.51. The van der Waals surface area contributed by atoms with E-state index in [2.05, 4.69) is 31.3 Å². The molecule has 0 aliphatic rings. The van der Waals surface area contributed by atoms with E-state index in [-0.39, 0.29) is 12.5 Å². The van der Waals surface area contributed by atoms with Gasteiger partial charge in [0, 0.05) is 6.42 Å². The third-order valence-corrected chi connectivity index (χ3v) is 12.6. The van der Waals surface area contributed by atoms with E-state index in [0.29, 0.717) is 12.8 Å². The second-order valence-electron chi connectivity index (χ2n) is 18.4. The smallest absolute Gasteiger partial charge is 0.220 e. The van der Waals surface area contributed by atoms with Gasteiger partial charge in [0.25, 0.3) is 0 Å². The van der Waals surface area contributed by atoms with Crippen molar-refractivity contribution in [3.8, 4) is 0 Å². The molecule has 5 nitrogen and oxygen atoms in total. The molecule has 346 valence electrons. The van der Waals surface area contributed by atoms with Crippen molar-refractivity contribution in [2.24, 2.45) is 0 Å². The number of hydrogen-bond acceptors (Lipinski definition) is 4. The standard InChI is InChI=1S/C53H105NO4/c1-3-5-7-9-11-13-15-17-19-21-23-25-26-27-28-30-32-34-36-38-40-42-44-46-48-52(57)54-50(49-55)53(58)51(56)47-45-43-41-39-37-35-33-31-29-24-22-20-18-16-14-12-10-8-6-4-2/h27-28,50-51,53,55-56,58H,3-26,29-49H2,1-2H3,(H,54,57)/b28-27-. The summed E-state index contributed by atoms with van der Waals surface area (Å²) < 4.78 is 0. The average Bonchev–Trinajstić information content (AvgIpc) is 3.23. The molecule has 0 fully saturated rings. The summed E-state index contributed by atoms with van der Waals surface area (Å²) in [7, 11) is 0. The Balaban J connectivity index is 3.55. The molecule has 0 spiro atoms. The number of aliphatic hydroxyl groups excluding tert-OH is 3. The highest BCUT2D eigenvalue weighted by Gasteiger charge is 2.26. The van der Waals surface area contributed by atoms with Gasteiger partial charge in [0.15, 0.2) is 0 Å². The summed E-state index contributed by atoms with van der Waals surface area (Å²) in [5.41, 5.74) is 0. The van der Waals surface area contributed by atoms with Crippen molar-refractivity contribution >= 4 is 5.91 Å². The second kappa shape index (κ2) is 48.8. The number of allylic oxidation sites excluding steroid dienone is 2. The molecular weight excluding hydrogens is 715 g/mol. The predicted molar refractivity (Wildman–Crippen MR) is 255 cm³/mol. The summed E-state index contributed by atoms with van der Waals surface area (Å²) in [5.74, 6) is -0.143. The molecule has 0 bridgehead atoms. The first kappa shape index (κ1) is 57.1. The van der Waals surface area contributed by atoms with Gasteiger partial charge in [-0.15, -0.1) is 0 Å². The van der Waals surface area contributed by atoms with Crippen LogP contribution in [-0.2, 0) is 4.79 Å². The molecule has 0 aromatic rings. The minimum absolute atomic E-state index is 0.143. The topological polar surface area (TPSA) is 89.8 Å². The summed E-state index contributed by atoms with van der Waals surface area (Å²) in [6.45, 7) is 4.21. The highest BCUT2D eigenvalue weighted by atomic mass is 16.3. The Morgan fingerprint density at radius 3 is 1.00 bits per heavy atom. The van der Waals surface area contributed by atoms with E-state index >= 15 is 0 Å². The number of aliphatic hydroxyl groups is 3. The van der Waals surface area contributed by atoms with E-state index in [1.165, 1.54) is 238 Å². The van der Waals surface area contributed by atoms with Gasteiger partial charge in [-0.3, -0.25) is 4.79 Å². The molecule has 0 aliphatic heterocycles. The summed E-state index contributed by atoms with van der Waals surface area (Å²) in [5, 5.41) is 33.7. The van der Waals surface area contributed by atoms with E-state index in [4.69, 9.17) is 0 Å². The Hall–Kier alpha value is -0.910. The Morgan fingerprint density at radius 1 is 0.414 bits per heavy atom. The SMILES string of the molecule is CCCCCCCCCCCCCC/C=C\CCCCCCCCCCC(=O)NC(CO)C(O)C(O)CCCCCCCCCCCCCCCCCCCCCC. The maximum Gasteiger partial charge on any atom is 0.220 e. The Morgan fingerprint density at radius 2 is 0.690 bits per heavy atom. The zero-order valence-electron chi connectivity index (χ0n) is 39.5. The van der Waals surface area contributed by atoms with Crippen LogP contribution in [0.15, 0.2) is 12.2 Å². The molecular formula is C53H105NO4. The molecule has 0 saturated carbocycles. The Kier molecular flexibility index (Phi) is 48.0. The van der Waals surface area contributed by atoms with Crippen molar-refractivity contribution in [2.45, 2.75) is 315 Å². The van der Waals surface area contributed by atoms with Crippen molar-refractivity contribution < 1.29 is 20.1 Å². The normalized spacial score (nSPS) is 13.4. The molecule has 3 atom stereocenters. The lowest BCUT2D eigenvalue weighted by atomic mass is 9.99. The van der Waals surface area contributed by atoms with Gasteiger partial charge in [-0.1, -0.05) is 264 Å². The summed E-state index contributed by atoms with van der Waals surface area (Å²) in [6.07, 6.45) is 59.2. The van der Waals surface area contributed by atoms with E-state index in [1.807, 2.05) is 0 Å². The first-order chi connectivity index (χ1) is 28.6. The fourth-order valence-electron chi connectivity index (χ4n) is 8.51. The summed E-state index contributed by atoms with van der Waals surface area (Å²) in [6, 6.07) is -0.808. The van der Waals surface area contributed by atoms with Gasteiger partial charge in [0.2, 0.25) is 5.91 Å². The lowest BCUT2D eigenvalue weighted by molar-refractivity contribution is -0.124. The maximum absolute atomic E-state index is 12.5. The highest BCUT2D eigenvalue weighted by molar-refractivity contribution is 5.76. The number of amides is 1. The van der Waals surface area contributed by atoms with Gasteiger partial charge < -0.3 is 20.6 Å². The summed E-state index contributed by atoms with van der Waals surface area (Å²) in [4.78, 5) is 12.5. The minimum atomic E-state index is -1.14. The van der Waals surface area contributed by atoms with Crippen molar-refractivity contribution in [2.75, 3.05) is 6.61 Å². The Labute approximate surface area is 363 Å². The van der Waals surface area contributed by atoms with E-state index < -0.39 is 18.2 Å². The molecule has 0 radical (unpaired) electrons. The third-order valence-electron chi connectivity index (χ3n) is 12.6. The molecule has 0 heterocycles. The van der Waals surface area contributed by atoms with Crippen LogP contribution in [0, 0.1) is 0 Å². The zero-order chi connectivity index (χ0) is 42.3. The van der Waals surface area contributed by atoms with Crippen LogP contribution in [0.25, 0.3) is 0 Å². The van der Waals surface area contributed by atoms with Crippen LogP contribution in [0.2, 0.25) is 0 Å². The van der Waals surface area contributed by atoms with Gasteiger partial charge in [0.1, 0.15) is 6.10 Å². The molecule has 4 N–H and O–H groups in total. The monoisotopic (exact) mass is 820 g/mol. The van der Waals surface area contributed by atoms with Crippen LogP contribution in [0.4, 0.5) is 0 Å². The zero-order valence-corrected chi connectivity index (χ0v) is 39.5. The van der Waals surface area contributed by atoms with Crippen LogP contribution >= 0.6 is 0 Å². The van der Waals surface area contributed by atoms with Crippen LogP contribution in [0.3, 0.4) is 0 Å². The molecule has 3 unspecified atom stereocenters. The molecule has 58 heavy (non-hydrogen) atoms. The van der Waals surface area contributed by atoms with Gasteiger partial charge >= 0.3 is 0 Å². The lowest BCUT2D eigenvalue weighted by Gasteiger charge is -2.26. The number of carbonyl (C=O) groups excluding carboxylic acids is 1. The minimum Gasteiger partial charge on any atom is -0.394 e. The average molecular weight is 820 g/mol. The maximum atomic E-state index is 12.5. The van der Waals surface area contributed by atoms with Crippen LogP contribution < -0.4 is 5.32 Å². The first-order valence-corrected chi connectivity index (χ1v) is 26.5. The fraction of sp³-hybridized carbons (Fsp3) is 0.943. The Bertz CT molecular complexity index is 818. The molecule has 0 aromatic carbocycles. The number of hydrogen-bond donors (Lipinski definition) is 4. The molecule has 1 amide bonds. The van der Waals surface area contributed by atoms with E-state index in [9.17, 15) is 20.1 Å². The first-order valence-electron chi connectivity index (χ1n) is 26.5. The van der Waals surface area contributed by atoms with Crippen molar-refractivity contribution in [1.82, 2.24) is 5.32 Å². The molecule has 0 rings (SSSR count).